The molecule has 1 heterocycles. The minimum Gasteiger partial charge on any atom is -0.486 e. The van der Waals surface area contributed by atoms with Crippen molar-refractivity contribution in [1.82, 2.24) is 14.8 Å². The maximum absolute atomic E-state index is 12.5. The van der Waals surface area contributed by atoms with E-state index in [9.17, 15) is 4.79 Å². The zero-order chi connectivity index (χ0) is 22.3. The second kappa shape index (κ2) is 10.2. The lowest BCUT2D eigenvalue weighted by Gasteiger charge is -2.10. The van der Waals surface area contributed by atoms with Crippen molar-refractivity contribution in [3.8, 4) is 5.75 Å². The quantitative estimate of drug-likeness (QED) is 0.283. The van der Waals surface area contributed by atoms with E-state index in [0.717, 1.165) is 22.2 Å². The number of hydrogen-bond acceptors (Lipinski definition) is 5. The van der Waals surface area contributed by atoms with E-state index in [1.165, 1.54) is 17.3 Å². The number of ether oxygens (including phenoxy) is 1. The highest BCUT2D eigenvalue weighted by molar-refractivity contribution is 7.99. The van der Waals surface area contributed by atoms with Gasteiger partial charge in [-0.05, 0) is 42.0 Å². The third-order valence-electron chi connectivity index (χ3n) is 4.86. The predicted octanol–water partition coefficient (Wildman–Crippen LogP) is 5.24. The first-order valence-corrected chi connectivity index (χ1v) is 11.2. The van der Waals surface area contributed by atoms with Crippen molar-refractivity contribution in [2.75, 3.05) is 11.1 Å². The molecule has 1 aromatic heterocycles. The Kier molecular flexibility index (Phi) is 6.87. The number of benzene rings is 3. The van der Waals surface area contributed by atoms with Crippen LogP contribution in [0.4, 0.5) is 5.69 Å². The van der Waals surface area contributed by atoms with Crippen LogP contribution in [-0.4, -0.2) is 26.4 Å². The van der Waals surface area contributed by atoms with E-state index in [2.05, 4.69) is 22.1 Å². The first-order valence-electron chi connectivity index (χ1n) is 10.3. The Labute approximate surface area is 191 Å². The zero-order valence-electron chi connectivity index (χ0n) is 17.8. The molecule has 0 saturated carbocycles. The fourth-order valence-corrected chi connectivity index (χ4v) is 3.99. The van der Waals surface area contributed by atoms with Gasteiger partial charge in [0.15, 0.2) is 11.0 Å². The molecule has 0 spiro atoms. The van der Waals surface area contributed by atoms with Gasteiger partial charge in [-0.15, -0.1) is 16.8 Å². The number of amides is 1. The second-order valence-corrected chi connectivity index (χ2v) is 8.24. The van der Waals surface area contributed by atoms with Gasteiger partial charge in [-0.1, -0.05) is 65.9 Å². The van der Waals surface area contributed by atoms with Crippen molar-refractivity contribution in [3.05, 3.63) is 90.8 Å². The van der Waals surface area contributed by atoms with Crippen LogP contribution in [-0.2, 0) is 17.9 Å². The second-order valence-electron chi connectivity index (χ2n) is 7.30. The van der Waals surface area contributed by atoms with Crippen molar-refractivity contribution in [2.45, 2.75) is 25.2 Å². The molecular weight excluding hydrogens is 420 g/mol. The summed E-state index contributed by atoms with van der Waals surface area (Å²) in [7, 11) is 0. The molecule has 32 heavy (non-hydrogen) atoms. The lowest BCUT2D eigenvalue weighted by atomic mass is 10.1. The van der Waals surface area contributed by atoms with Gasteiger partial charge in [-0.2, -0.15) is 0 Å². The number of anilines is 1. The highest BCUT2D eigenvalue weighted by atomic mass is 32.2. The van der Waals surface area contributed by atoms with E-state index in [1.54, 1.807) is 6.08 Å². The van der Waals surface area contributed by atoms with Crippen LogP contribution in [0.1, 0.15) is 11.4 Å². The molecule has 0 aliphatic heterocycles. The average molecular weight is 445 g/mol. The third-order valence-corrected chi connectivity index (χ3v) is 5.83. The number of hydrogen-bond donors (Lipinski definition) is 1. The first kappa shape index (κ1) is 21.6. The summed E-state index contributed by atoms with van der Waals surface area (Å²) in [6.07, 6.45) is 1.78. The fourth-order valence-electron chi connectivity index (χ4n) is 3.22. The van der Waals surface area contributed by atoms with Gasteiger partial charge >= 0.3 is 0 Å². The van der Waals surface area contributed by atoms with Gasteiger partial charge in [0.1, 0.15) is 12.4 Å². The van der Waals surface area contributed by atoms with Gasteiger partial charge in [0, 0.05) is 12.2 Å². The van der Waals surface area contributed by atoms with Crippen molar-refractivity contribution >= 4 is 34.1 Å². The smallest absolute Gasteiger partial charge is 0.234 e. The number of carbonyl (C=O) groups excluding carboxylic acids is 1. The summed E-state index contributed by atoms with van der Waals surface area (Å²) in [5.41, 5.74) is 1.95. The molecule has 4 aromatic rings. The van der Waals surface area contributed by atoms with Crippen molar-refractivity contribution in [3.63, 3.8) is 0 Å². The van der Waals surface area contributed by atoms with Gasteiger partial charge in [0.05, 0.1) is 5.75 Å². The maximum Gasteiger partial charge on any atom is 0.234 e. The maximum atomic E-state index is 12.5. The lowest BCUT2D eigenvalue weighted by Crippen LogP contribution is -2.15. The topological polar surface area (TPSA) is 69.0 Å². The Morgan fingerprint density at radius 2 is 1.88 bits per heavy atom. The van der Waals surface area contributed by atoms with Crippen molar-refractivity contribution in [2.24, 2.45) is 0 Å². The molecule has 6 nitrogen and oxygen atoms in total. The van der Waals surface area contributed by atoms with Crippen LogP contribution in [0.3, 0.4) is 0 Å². The van der Waals surface area contributed by atoms with E-state index >= 15 is 0 Å². The molecule has 0 saturated heterocycles. The number of fused-ring (bicyclic) bond motifs is 1. The van der Waals surface area contributed by atoms with Crippen LogP contribution in [0.5, 0.6) is 5.75 Å². The Morgan fingerprint density at radius 3 is 2.66 bits per heavy atom. The van der Waals surface area contributed by atoms with Gasteiger partial charge in [-0.25, -0.2) is 0 Å². The molecule has 7 heteroatoms. The molecule has 1 amide bonds. The minimum absolute atomic E-state index is 0.101. The molecule has 0 bridgehead atoms. The van der Waals surface area contributed by atoms with Gasteiger partial charge in [0.2, 0.25) is 5.91 Å². The number of carbonyl (C=O) groups is 1. The predicted molar refractivity (Wildman–Crippen MR) is 129 cm³/mol. The van der Waals surface area contributed by atoms with Crippen molar-refractivity contribution < 1.29 is 9.53 Å². The van der Waals surface area contributed by atoms with Crippen LogP contribution < -0.4 is 10.1 Å². The highest BCUT2D eigenvalue weighted by Gasteiger charge is 2.14. The van der Waals surface area contributed by atoms with Crippen LogP contribution in [0, 0.1) is 6.92 Å². The molecule has 0 fully saturated rings. The van der Waals surface area contributed by atoms with Gasteiger partial charge in [0.25, 0.3) is 0 Å². The Bertz CT molecular complexity index is 1230. The molecule has 0 aliphatic rings. The monoisotopic (exact) mass is 444 g/mol. The van der Waals surface area contributed by atoms with Crippen LogP contribution in [0.15, 0.2) is 84.5 Å². The largest absolute Gasteiger partial charge is 0.486 e. The molecule has 0 radical (unpaired) electrons. The molecule has 1 N–H and O–H groups in total. The zero-order valence-corrected chi connectivity index (χ0v) is 18.6. The summed E-state index contributed by atoms with van der Waals surface area (Å²) in [6.45, 7) is 6.67. The molecule has 3 aromatic carbocycles. The Morgan fingerprint density at radius 1 is 1.09 bits per heavy atom. The third kappa shape index (κ3) is 5.36. The lowest BCUT2D eigenvalue weighted by molar-refractivity contribution is -0.113. The number of nitrogens with zero attached hydrogens (tertiary/aromatic N) is 3. The van der Waals surface area contributed by atoms with Gasteiger partial charge in [-0.3, -0.25) is 9.36 Å². The first-order chi connectivity index (χ1) is 15.6. The van der Waals surface area contributed by atoms with Crippen LogP contribution in [0.2, 0.25) is 0 Å². The number of allylic oxidation sites excluding steroid dienone is 1. The molecule has 0 aliphatic carbocycles. The van der Waals surface area contributed by atoms with E-state index in [4.69, 9.17) is 4.74 Å². The van der Waals surface area contributed by atoms with E-state index in [1.807, 2.05) is 78.2 Å². The molecule has 162 valence electrons. The van der Waals surface area contributed by atoms with E-state index < -0.39 is 0 Å². The fraction of sp³-hybridized carbons (Fsp3) is 0.160. The number of nitrogens with one attached hydrogen (secondary N) is 1. The summed E-state index contributed by atoms with van der Waals surface area (Å²) in [6, 6.07) is 21.8. The number of aromatic nitrogens is 3. The number of rotatable bonds is 9. The van der Waals surface area contributed by atoms with Gasteiger partial charge < -0.3 is 10.1 Å². The summed E-state index contributed by atoms with van der Waals surface area (Å²) >= 11 is 1.34. The average Bonchev–Trinajstić information content (AvgIpc) is 3.19. The molecular formula is C25H24N4O2S. The number of aryl methyl sites for hydroxylation is 1. The van der Waals surface area contributed by atoms with E-state index in [0.29, 0.717) is 17.5 Å². The van der Waals surface area contributed by atoms with Crippen molar-refractivity contribution in [1.29, 1.82) is 0 Å². The summed E-state index contributed by atoms with van der Waals surface area (Å²) in [5, 5.41) is 14.3. The normalized spacial score (nSPS) is 10.8. The highest BCUT2D eigenvalue weighted by Crippen LogP contribution is 2.21. The Balaban J connectivity index is 1.37. The summed E-state index contributed by atoms with van der Waals surface area (Å²) in [4.78, 5) is 12.5. The molecule has 4 rings (SSSR count). The van der Waals surface area contributed by atoms with Crippen LogP contribution in [0.25, 0.3) is 10.8 Å². The summed E-state index contributed by atoms with van der Waals surface area (Å²) in [5.74, 6) is 1.58. The molecule has 0 atom stereocenters. The number of thioether (sulfide) groups is 1. The Hall–Kier alpha value is -3.58. The van der Waals surface area contributed by atoms with Crippen LogP contribution >= 0.6 is 11.8 Å². The molecule has 0 unspecified atom stereocenters. The summed E-state index contributed by atoms with van der Waals surface area (Å²) < 4.78 is 7.75. The van der Waals surface area contributed by atoms with E-state index in [-0.39, 0.29) is 18.3 Å². The SMILES string of the molecule is C=CCn1c(COc2ccc(C)cc2)nnc1SCC(=O)Nc1ccc2ccccc2c1. The minimum atomic E-state index is -0.101. The standard InChI is InChI=1S/C25H24N4O2S/c1-3-14-29-23(16-31-22-12-8-18(2)9-13-22)27-28-25(29)32-17-24(30)26-21-11-10-19-6-4-5-7-20(19)15-21/h3-13,15H,1,14,16-17H2,2H3,(H,26,30).